The highest BCUT2D eigenvalue weighted by Gasteiger charge is 2.20. The molecule has 106 valence electrons. The standard InChI is InChI=1S/C11H11ClN4O2S2/c12-10-13-5-7(6-14-10)20(17,18)16-11-15-8-3-1-2-4-9(8)19-11/h5-6H,1-4H2,(H,15,16). The number of fused-ring (bicyclic) bond motifs is 1. The molecule has 0 unspecified atom stereocenters. The molecule has 0 atom stereocenters. The highest BCUT2D eigenvalue weighted by molar-refractivity contribution is 7.93. The third kappa shape index (κ3) is 2.77. The molecule has 0 amide bonds. The molecule has 3 rings (SSSR count). The lowest BCUT2D eigenvalue weighted by Gasteiger charge is -2.06. The smallest absolute Gasteiger partial charge is 0.255 e. The molecule has 0 radical (unpaired) electrons. The quantitative estimate of drug-likeness (QED) is 0.872. The molecule has 2 aromatic heterocycles. The van der Waals surface area contributed by atoms with Gasteiger partial charge in [-0.2, -0.15) is 0 Å². The van der Waals surface area contributed by atoms with Crippen molar-refractivity contribution in [3.8, 4) is 0 Å². The number of nitrogens with zero attached hydrogens (tertiary/aromatic N) is 3. The summed E-state index contributed by atoms with van der Waals surface area (Å²) in [6, 6.07) is 0. The molecule has 1 aliphatic rings. The zero-order valence-electron chi connectivity index (χ0n) is 10.3. The average molecular weight is 331 g/mol. The van der Waals surface area contributed by atoms with Gasteiger partial charge in [-0.05, 0) is 37.3 Å². The van der Waals surface area contributed by atoms with Crippen LogP contribution in [-0.2, 0) is 22.9 Å². The van der Waals surface area contributed by atoms with Crippen LogP contribution in [0.25, 0.3) is 0 Å². The molecule has 20 heavy (non-hydrogen) atoms. The van der Waals surface area contributed by atoms with Crippen LogP contribution in [0, 0.1) is 0 Å². The van der Waals surface area contributed by atoms with E-state index in [1.807, 2.05) is 0 Å². The highest BCUT2D eigenvalue weighted by Crippen LogP contribution is 2.30. The first-order valence-electron chi connectivity index (χ1n) is 6.03. The van der Waals surface area contributed by atoms with Gasteiger partial charge in [0.1, 0.15) is 4.90 Å². The topological polar surface area (TPSA) is 84.8 Å². The molecule has 1 N–H and O–H groups in total. The van der Waals surface area contributed by atoms with E-state index in [-0.39, 0.29) is 10.2 Å². The van der Waals surface area contributed by atoms with Crippen molar-refractivity contribution in [2.24, 2.45) is 0 Å². The summed E-state index contributed by atoms with van der Waals surface area (Å²) in [4.78, 5) is 12.8. The number of aryl methyl sites for hydroxylation is 2. The minimum Gasteiger partial charge on any atom is -0.255 e. The summed E-state index contributed by atoms with van der Waals surface area (Å²) in [5.41, 5.74) is 1.01. The van der Waals surface area contributed by atoms with Crippen LogP contribution >= 0.6 is 22.9 Å². The number of halogens is 1. The number of aromatic nitrogens is 3. The first-order valence-corrected chi connectivity index (χ1v) is 8.71. The summed E-state index contributed by atoms with van der Waals surface area (Å²) in [7, 11) is -3.72. The number of thiazole rings is 1. The molecular weight excluding hydrogens is 320 g/mol. The second-order valence-corrected chi connectivity index (χ2v) is 7.49. The van der Waals surface area contributed by atoms with Gasteiger partial charge < -0.3 is 0 Å². The fourth-order valence-corrected chi connectivity index (χ4v) is 4.28. The SMILES string of the molecule is O=S(=O)(Nc1nc2c(s1)CCCC2)c1cnc(Cl)nc1. The van der Waals surface area contributed by atoms with E-state index in [2.05, 4.69) is 19.7 Å². The maximum absolute atomic E-state index is 12.2. The van der Waals surface area contributed by atoms with Gasteiger partial charge in [-0.1, -0.05) is 0 Å². The van der Waals surface area contributed by atoms with E-state index in [9.17, 15) is 8.42 Å². The molecule has 0 saturated heterocycles. The summed E-state index contributed by atoms with van der Waals surface area (Å²) in [6.45, 7) is 0. The third-order valence-corrected chi connectivity index (χ3v) is 5.67. The van der Waals surface area contributed by atoms with Crippen LogP contribution in [0.1, 0.15) is 23.4 Å². The van der Waals surface area contributed by atoms with Crippen molar-refractivity contribution in [1.82, 2.24) is 15.0 Å². The van der Waals surface area contributed by atoms with Gasteiger partial charge in [-0.15, -0.1) is 11.3 Å². The summed E-state index contributed by atoms with van der Waals surface area (Å²) in [5, 5.41) is 0.403. The summed E-state index contributed by atoms with van der Waals surface area (Å²) < 4.78 is 26.8. The predicted molar refractivity (Wildman–Crippen MR) is 76.6 cm³/mol. The van der Waals surface area contributed by atoms with Crippen molar-refractivity contribution in [3.05, 3.63) is 28.2 Å². The molecule has 9 heteroatoms. The monoisotopic (exact) mass is 330 g/mol. The van der Waals surface area contributed by atoms with Crippen molar-refractivity contribution < 1.29 is 8.42 Å². The van der Waals surface area contributed by atoms with Crippen LogP contribution in [0.15, 0.2) is 17.3 Å². The third-order valence-electron chi connectivity index (χ3n) is 2.97. The molecule has 1 aliphatic carbocycles. The largest absolute Gasteiger partial charge is 0.266 e. The zero-order chi connectivity index (χ0) is 14.2. The Labute approximate surface area is 125 Å². The predicted octanol–water partition coefficient (Wildman–Crippen LogP) is 2.27. The van der Waals surface area contributed by atoms with Crippen molar-refractivity contribution in [2.45, 2.75) is 30.6 Å². The first-order chi connectivity index (χ1) is 9.54. The van der Waals surface area contributed by atoms with E-state index in [0.717, 1.165) is 31.4 Å². The van der Waals surface area contributed by atoms with E-state index < -0.39 is 10.0 Å². The van der Waals surface area contributed by atoms with Gasteiger partial charge in [0.2, 0.25) is 5.28 Å². The van der Waals surface area contributed by atoms with Crippen LogP contribution in [0.4, 0.5) is 5.13 Å². The van der Waals surface area contributed by atoms with Crippen molar-refractivity contribution in [3.63, 3.8) is 0 Å². The minimum absolute atomic E-state index is 0.00802. The number of nitrogens with one attached hydrogen (secondary N) is 1. The van der Waals surface area contributed by atoms with E-state index in [4.69, 9.17) is 11.6 Å². The zero-order valence-corrected chi connectivity index (χ0v) is 12.7. The van der Waals surface area contributed by atoms with Gasteiger partial charge in [-0.25, -0.2) is 23.4 Å². The Bertz CT molecular complexity index is 704. The fourth-order valence-electron chi connectivity index (χ4n) is 2.01. The van der Waals surface area contributed by atoms with Crippen LogP contribution in [-0.4, -0.2) is 23.4 Å². The van der Waals surface area contributed by atoms with E-state index >= 15 is 0 Å². The Hall–Kier alpha value is -1.25. The number of hydrogen-bond donors (Lipinski definition) is 1. The lowest BCUT2D eigenvalue weighted by molar-refractivity contribution is 0.600. The molecule has 2 aromatic rings. The van der Waals surface area contributed by atoms with Crippen molar-refractivity contribution in [2.75, 3.05) is 4.72 Å². The molecular formula is C11H11ClN4O2S2. The van der Waals surface area contributed by atoms with Gasteiger partial charge in [0.15, 0.2) is 5.13 Å². The number of rotatable bonds is 3. The van der Waals surface area contributed by atoms with E-state index in [0.29, 0.717) is 5.13 Å². The molecule has 0 spiro atoms. The number of sulfonamides is 1. The molecule has 0 bridgehead atoms. The Morgan fingerprint density at radius 1 is 1.20 bits per heavy atom. The first kappa shape index (κ1) is 13.7. The summed E-state index contributed by atoms with van der Waals surface area (Å²) in [6.07, 6.45) is 6.47. The van der Waals surface area contributed by atoms with Crippen LogP contribution in [0.2, 0.25) is 5.28 Å². The highest BCUT2D eigenvalue weighted by atomic mass is 35.5. The van der Waals surface area contributed by atoms with Gasteiger partial charge in [-0.3, -0.25) is 4.72 Å². The molecule has 0 fully saturated rings. The van der Waals surface area contributed by atoms with E-state index in [1.54, 1.807) is 0 Å². The van der Waals surface area contributed by atoms with Gasteiger partial charge in [0.25, 0.3) is 10.0 Å². The molecule has 0 aromatic carbocycles. The molecule has 0 aliphatic heterocycles. The van der Waals surface area contributed by atoms with E-state index in [1.165, 1.54) is 28.6 Å². The molecule has 2 heterocycles. The molecule has 6 nitrogen and oxygen atoms in total. The summed E-state index contributed by atoms with van der Waals surface area (Å²) in [5.74, 6) is 0. The van der Waals surface area contributed by atoms with Crippen molar-refractivity contribution in [1.29, 1.82) is 0 Å². The Kier molecular flexibility index (Phi) is 3.61. The number of anilines is 1. The van der Waals surface area contributed by atoms with Crippen molar-refractivity contribution >= 4 is 38.1 Å². The lowest BCUT2D eigenvalue weighted by Crippen LogP contribution is -2.13. The lowest BCUT2D eigenvalue weighted by atomic mass is 10.0. The van der Waals surface area contributed by atoms with Crippen LogP contribution in [0.5, 0.6) is 0 Å². The van der Waals surface area contributed by atoms with Gasteiger partial charge in [0.05, 0.1) is 18.1 Å². The van der Waals surface area contributed by atoms with Crippen LogP contribution < -0.4 is 4.72 Å². The second-order valence-electron chi connectivity index (χ2n) is 4.39. The normalized spacial score (nSPS) is 14.8. The fraction of sp³-hybridized carbons (Fsp3) is 0.364. The maximum Gasteiger partial charge on any atom is 0.266 e. The molecule has 0 saturated carbocycles. The second kappa shape index (κ2) is 5.27. The van der Waals surface area contributed by atoms with Crippen LogP contribution in [0.3, 0.4) is 0 Å². The number of hydrogen-bond acceptors (Lipinski definition) is 6. The average Bonchev–Trinajstić information content (AvgIpc) is 2.80. The Morgan fingerprint density at radius 3 is 2.60 bits per heavy atom. The Morgan fingerprint density at radius 2 is 1.90 bits per heavy atom. The summed E-state index contributed by atoms with van der Waals surface area (Å²) >= 11 is 6.93. The van der Waals surface area contributed by atoms with Gasteiger partial charge >= 0.3 is 0 Å². The van der Waals surface area contributed by atoms with Gasteiger partial charge in [0, 0.05) is 4.88 Å². The maximum atomic E-state index is 12.2. The Balaban J connectivity index is 1.86. The minimum atomic E-state index is -3.72.